The normalized spacial score (nSPS) is 15.2. The predicted octanol–water partition coefficient (Wildman–Crippen LogP) is 16.3. The van der Waals surface area contributed by atoms with Crippen molar-refractivity contribution in [3.05, 3.63) is 179 Å². The van der Waals surface area contributed by atoms with Crippen LogP contribution in [0.3, 0.4) is 0 Å². The molecule has 8 heteroatoms. The minimum atomic E-state index is 0.570. The number of aromatic amines is 2. The van der Waals surface area contributed by atoms with Gasteiger partial charge in [0.05, 0.1) is 29.5 Å². The third-order valence-electron chi connectivity index (χ3n) is 14.4. The number of imidazole rings is 2. The number of aromatic nitrogens is 4. The van der Waals surface area contributed by atoms with Gasteiger partial charge in [0.15, 0.2) is 0 Å². The molecule has 5 aromatic carbocycles. The van der Waals surface area contributed by atoms with E-state index in [0.717, 1.165) is 134 Å². The lowest BCUT2D eigenvalue weighted by Gasteiger charge is -2.26. The smallest absolute Gasteiger partial charge is 0.128 e. The molecule has 0 radical (unpaired) electrons. The van der Waals surface area contributed by atoms with Crippen molar-refractivity contribution < 1.29 is 9.47 Å². The van der Waals surface area contributed by atoms with Crippen LogP contribution in [-0.2, 0) is 38.9 Å². The van der Waals surface area contributed by atoms with E-state index in [4.69, 9.17) is 19.5 Å². The van der Waals surface area contributed by atoms with Gasteiger partial charge in [-0.3, -0.25) is 9.98 Å². The summed E-state index contributed by atoms with van der Waals surface area (Å²) in [5.74, 6) is 3.94. The summed E-state index contributed by atoms with van der Waals surface area (Å²) < 4.78 is 12.6. The molecule has 0 amide bonds. The molecule has 0 atom stereocenters. The zero-order chi connectivity index (χ0) is 49.0. The Morgan fingerprint density at radius 3 is 1.68 bits per heavy atom. The lowest BCUT2D eigenvalue weighted by atomic mass is 9.84. The van der Waals surface area contributed by atoms with Crippen LogP contribution in [0.5, 0.6) is 11.5 Å². The number of nitrogens with zero attached hydrogens (tertiary/aromatic N) is 4. The number of hydrogen-bond acceptors (Lipinski definition) is 6. The summed E-state index contributed by atoms with van der Waals surface area (Å²) in [6.45, 7) is 9.79. The lowest BCUT2D eigenvalue weighted by molar-refractivity contribution is 0.302. The summed E-state index contributed by atoms with van der Waals surface area (Å²) in [5.41, 5.74) is 22.1. The Hall–Kier alpha value is -7.58. The molecular weight excluding hydrogens is 885 g/mol. The molecule has 0 bridgehead atoms. The van der Waals surface area contributed by atoms with Gasteiger partial charge in [-0.1, -0.05) is 107 Å². The van der Waals surface area contributed by atoms with E-state index in [1.54, 1.807) is 0 Å². The van der Waals surface area contributed by atoms with E-state index in [-0.39, 0.29) is 0 Å². The van der Waals surface area contributed by atoms with E-state index in [1.807, 2.05) is 12.4 Å². The Kier molecular flexibility index (Phi) is 13.7. The second-order valence-electron chi connectivity index (χ2n) is 19.4. The van der Waals surface area contributed by atoms with Crippen LogP contribution in [0.15, 0.2) is 149 Å². The van der Waals surface area contributed by atoms with Gasteiger partial charge >= 0.3 is 0 Å². The molecule has 0 saturated carbocycles. The number of allylic oxidation sites excluding steroid dienone is 10. The van der Waals surface area contributed by atoms with E-state index in [2.05, 4.69) is 169 Å². The third-order valence-corrected chi connectivity index (χ3v) is 14.4. The molecule has 2 aromatic heterocycles. The van der Waals surface area contributed by atoms with Gasteiger partial charge in [0.25, 0.3) is 0 Å². The average molecular weight is 949 g/mol. The number of nitrogens with one attached hydrogen (secondary N) is 2. The van der Waals surface area contributed by atoms with Crippen molar-refractivity contribution in [3.63, 3.8) is 0 Å². The lowest BCUT2D eigenvalue weighted by Crippen LogP contribution is -2.09. The molecular formula is C64H64N6O2. The number of hydrogen-bond donors (Lipinski definition) is 2. The number of ether oxygens (including phenoxy) is 2. The second-order valence-corrected chi connectivity index (χ2v) is 19.4. The molecule has 0 saturated heterocycles. The molecule has 2 N–H and O–H groups in total. The molecule has 362 valence electrons. The summed E-state index contributed by atoms with van der Waals surface area (Å²) in [6, 6.07) is 26.9. The van der Waals surface area contributed by atoms with Crippen molar-refractivity contribution in [2.75, 3.05) is 0 Å². The SMILES string of the molecule is CCC=CCC1=NC2=C(C1)c1cc3c(cc1CC2)-c1ccc(-c2cnc(CC=CCC)[nH]2)cc1CO3.CCC=CCC1=Nc2ccc3cc4c(cc3c2C1)OCc1cc(-c2cnc(CC=CCC)[nH]2)ccc1-4. The van der Waals surface area contributed by atoms with E-state index in [9.17, 15) is 0 Å². The standard InChI is InChI=1S/C32H33N3O.C32H31N3O/c2*1-3-5-7-9-24-17-27-26-18-31-28(16-21(26)12-14-29(27)34-24)25-13-11-22(15-23(25)20-36-31)30-19-33-32(35-30)10-8-6-4-2/h5-8,11,13,15-16,18-19H,3-4,9-10,12,14,17,20H2,1-2H3,(H,33,35);5-8,11-16,18-19H,3-4,9-10,17,20H2,1-2H3,(H,33,35). The minimum absolute atomic E-state index is 0.570. The summed E-state index contributed by atoms with van der Waals surface area (Å²) >= 11 is 0. The van der Waals surface area contributed by atoms with Gasteiger partial charge in [-0.25, -0.2) is 9.97 Å². The summed E-state index contributed by atoms with van der Waals surface area (Å²) in [4.78, 5) is 25.9. The first kappa shape index (κ1) is 46.8. The highest BCUT2D eigenvalue weighted by Gasteiger charge is 2.29. The van der Waals surface area contributed by atoms with Crippen molar-refractivity contribution in [1.29, 1.82) is 0 Å². The molecule has 6 heterocycles. The fourth-order valence-electron chi connectivity index (χ4n) is 10.7. The maximum absolute atomic E-state index is 6.33. The summed E-state index contributed by atoms with van der Waals surface area (Å²) in [7, 11) is 0. The molecule has 12 rings (SSSR count). The van der Waals surface area contributed by atoms with Gasteiger partial charge in [0.1, 0.15) is 36.4 Å². The van der Waals surface area contributed by atoms with E-state index >= 15 is 0 Å². The molecule has 0 unspecified atom stereocenters. The van der Waals surface area contributed by atoms with Gasteiger partial charge in [-0.2, -0.15) is 0 Å². The van der Waals surface area contributed by atoms with Gasteiger partial charge < -0.3 is 19.4 Å². The van der Waals surface area contributed by atoms with Crippen LogP contribution < -0.4 is 9.47 Å². The zero-order valence-electron chi connectivity index (χ0n) is 42.2. The third kappa shape index (κ3) is 9.62. The van der Waals surface area contributed by atoms with Crippen LogP contribution in [-0.4, -0.2) is 31.4 Å². The van der Waals surface area contributed by atoms with Gasteiger partial charge in [0.2, 0.25) is 0 Å². The topological polar surface area (TPSA) is 101 Å². The van der Waals surface area contributed by atoms with Crippen LogP contribution >= 0.6 is 0 Å². The maximum Gasteiger partial charge on any atom is 0.128 e. The fraction of sp³-hybridized carbons (Fsp3) is 0.281. The van der Waals surface area contributed by atoms with Crippen LogP contribution in [0, 0.1) is 0 Å². The van der Waals surface area contributed by atoms with Crippen LogP contribution in [0.2, 0.25) is 0 Å². The Labute approximate surface area is 424 Å². The molecule has 72 heavy (non-hydrogen) atoms. The number of benzene rings is 5. The van der Waals surface area contributed by atoms with Crippen LogP contribution in [0.4, 0.5) is 5.69 Å². The van der Waals surface area contributed by atoms with Gasteiger partial charge in [-0.05, 0) is 147 Å². The molecule has 4 aliphatic heterocycles. The average Bonchev–Trinajstić information content (AvgIpc) is 4.25. The van der Waals surface area contributed by atoms with Crippen LogP contribution in [0.25, 0.3) is 61.1 Å². The summed E-state index contributed by atoms with van der Waals surface area (Å²) in [6.07, 6.45) is 33.2. The van der Waals surface area contributed by atoms with Crippen LogP contribution in [0.1, 0.15) is 119 Å². The number of aryl methyl sites for hydroxylation is 1. The Morgan fingerprint density at radius 1 is 0.500 bits per heavy atom. The van der Waals surface area contributed by atoms with E-state index in [0.29, 0.717) is 13.2 Å². The molecule has 1 aliphatic carbocycles. The Bertz CT molecular complexity index is 3420. The molecule has 0 fully saturated rings. The minimum Gasteiger partial charge on any atom is -0.488 e. The van der Waals surface area contributed by atoms with Gasteiger partial charge in [-0.15, -0.1) is 0 Å². The second kappa shape index (κ2) is 21.0. The first-order valence-corrected chi connectivity index (χ1v) is 26.3. The molecule has 5 aliphatic rings. The van der Waals surface area contributed by atoms with Crippen molar-refractivity contribution in [3.8, 4) is 56.3 Å². The first-order valence-electron chi connectivity index (χ1n) is 26.3. The highest BCUT2D eigenvalue weighted by Crippen LogP contribution is 2.47. The fourth-order valence-corrected chi connectivity index (χ4v) is 10.7. The largest absolute Gasteiger partial charge is 0.488 e. The number of H-pyrrole nitrogens is 2. The summed E-state index contributed by atoms with van der Waals surface area (Å²) in [5, 5.41) is 2.50. The Morgan fingerprint density at radius 2 is 1.07 bits per heavy atom. The Balaban J connectivity index is 0.000000156. The number of aliphatic imine (C=N–C) groups is 2. The molecule has 8 nitrogen and oxygen atoms in total. The molecule has 0 spiro atoms. The van der Waals surface area contributed by atoms with Crippen molar-refractivity contribution in [2.24, 2.45) is 9.98 Å². The number of rotatable bonds is 14. The van der Waals surface area contributed by atoms with E-state index in [1.165, 1.54) is 78.0 Å². The predicted molar refractivity (Wildman–Crippen MR) is 298 cm³/mol. The number of fused-ring (bicyclic) bond motifs is 11. The van der Waals surface area contributed by atoms with Crippen molar-refractivity contribution in [1.82, 2.24) is 19.9 Å². The van der Waals surface area contributed by atoms with Crippen molar-refractivity contribution in [2.45, 2.75) is 118 Å². The monoisotopic (exact) mass is 949 g/mol. The first-order chi connectivity index (χ1) is 35.5. The highest BCUT2D eigenvalue weighted by molar-refractivity contribution is 6.04. The van der Waals surface area contributed by atoms with E-state index < -0.39 is 0 Å². The van der Waals surface area contributed by atoms with Crippen molar-refractivity contribution >= 4 is 33.5 Å². The molecule has 7 aromatic rings. The highest BCUT2D eigenvalue weighted by atomic mass is 16.5. The van der Waals surface area contributed by atoms with Gasteiger partial charge in [0, 0.05) is 66.8 Å². The quantitative estimate of drug-likeness (QED) is 0.106. The maximum atomic E-state index is 6.33. The zero-order valence-corrected chi connectivity index (χ0v) is 42.2.